The first-order valence-corrected chi connectivity index (χ1v) is 11.1. The highest BCUT2D eigenvalue weighted by atomic mass is 35.5. The molecule has 0 saturated heterocycles. The summed E-state index contributed by atoms with van der Waals surface area (Å²) in [5.74, 6) is 0.0394. The Labute approximate surface area is 194 Å². The van der Waals surface area contributed by atoms with Gasteiger partial charge in [0, 0.05) is 28.2 Å². The van der Waals surface area contributed by atoms with Crippen LogP contribution in [0.5, 0.6) is 5.75 Å². The van der Waals surface area contributed by atoms with Crippen molar-refractivity contribution in [3.05, 3.63) is 63.1 Å². The third-order valence-corrected chi connectivity index (χ3v) is 5.82. The number of ether oxygens (including phenoxy) is 1. The van der Waals surface area contributed by atoms with E-state index in [9.17, 15) is 9.59 Å². The van der Waals surface area contributed by atoms with Crippen molar-refractivity contribution in [3.8, 4) is 5.75 Å². The van der Waals surface area contributed by atoms with Crippen molar-refractivity contribution in [1.82, 2.24) is 10.2 Å². The summed E-state index contributed by atoms with van der Waals surface area (Å²) >= 11 is 12.6. The van der Waals surface area contributed by atoms with E-state index < -0.39 is 6.04 Å². The van der Waals surface area contributed by atoms with Crippen molar-refractivity contribution in [3.63, 3.8) is 0 Å². The lowest BCUT2D eigenvalue weighted by Crippen LogP contribution is -2.50. The smallest absolute Gasteiger partial charge is 0.261 e. The minimum Gasteiger partial charge on any atom is -0.484 e. The Morgan fingerprint density at radius 2 is 1.65 bits per heavy atom. The third-order valence-electron chi connectivity index (χ3n) is 5.12. The molecule has 2 rings (SSSR count). The molecule has 2 atom stereocenters. The number of hydrogen-bond acceptors (Lipinski definition) is 3. The van der Waals surface area contributed by atoms with Crippen LogP contribution in [-0.2, 0) is 16.1 Å². The normalized spacial score (nSPS) is 12.7. The number of hydrogen-bond donors (Lipinski definition) is 1. The van der Waals surface area contributed by atoms with Crippen molar-refractivity contribution in [1.29, 1.82) is 0 Å². The van der Waals surface area contributed by atoms with E-state index in [0.717, 1.165) is 17.5 Å². The molecular weight excluding hydrogens is 435 g/mol. The standard InChI is InChI=1S/C24H30Cl2N2O3/c1-6-17(4)27-24(30)18(5)28(13-20-21(25)8-7-9-22(20)26)23(29)14-31-19-11-15(2)10-16(3)12-19/h7-12,17-18H,6,13-14H2,1-5H3,(H,27,30). The minimum absolute atomic E-state index is 0.00215. The van der Waals surface area contributed by atoms with Crippen molar-refractivity contribution in [2.24, 2.45) is 0 Å². The molecule has 0 fully saturated rings. The van der Waals surface area contributed by atoms with Crippen LogP contribution >= 0.6 is 23.2 Å². The summed E-state index contributed by atoms with van der Waals surface area (Å²) in [6.45, 7) is 9.43. The molecule has 2 unspecified atom stereocenters. The summed E-state index contributed by atoms with van der Waals surface area (Å²) in [5.41, 5.74) is 2.68. The molecule has 5 nitrogen and oxygen atoms in total. The number of carbonyl (C=O) groups excluding carboxylic acids is 2. The van der Waals surface area contributed by atoms with Crippen molar-refractivity contribution < 1.29 is 14.3 Å². The highest BCUT2D eigenvalue weighted by Gasteiger charge is 2.28. The van der Waals surface area contributed by atoms with Gasteiger partial charge in [0.2, 0.25) is 5.91 Å². The highest BCUT2D eigenvalue weighted by molar-refractivity contribution is 6.36. The van der Waals surface area contributed by atoms with E-state index in [0.29, 0.717) is 21.4 Å². The summed E-state index contributed by atoms with van der Waals surface area (Å²) in [5, 5.41) is 3.81. The molecule has 2 amide bonds. The fourth-order valence-electron chi connectivity index (χ4n) is 3.15. The second kappa shape index (κ2) is 11.4. The summed E-state index contributed by atoms with van der Waals surface area (Å²) in [7, 11) is 0. The lowest BCUT2D eigenvalue weighted by Gasteiger charge is -2.30. The van der Waals surface area contributed by atoms with Gasteiger partial charge in [-0.3, -0.25) is 9.59 Å². The number of nitrogens with one attached hydrogen (secondary N) is 1. The van der Waals surface area contributed by atoms with Crippen LogP contribution in [0.25, 0.3) is 0 Å². The molecule has 0 spiro atoms. The summed E-state index contributed by atoms with van der Waals surface area (Å²) in [6, 6.07) is 10.2. The SMILES string of the molecule is CCC(C)NC(=O)C(C)N(Cc1c(Cl)cccc1Cl)C(=O)COc1cc(C)cc(C)c1. The van der Waals surface area contributed by atoms with E-state index in [1.54, 1.807) is 25.1 Å². The van der Waals surface area contributed by atoms with E-state index in [-0.39, 0.29) is 31.0 Å². The molecule has 1 N–H and O–H groups in total. The Morgan fingerprint density at radius 1 is 1.06 bits per heavy atom. The predicted octanol–water partition coefficient (Wildman–Crippen LogP) is 5.32. The molecule has 168 valence electrons. The predicted molar refractivity (Wildman–Crippen MR) is 126 cm³/mol. The first-order valence-electron chi connectivity index (χ1n) is 10.4. The topological polar surface area (TPSA) is 58.6 Å². The van der Waals surface area contributed by atoms with Gasteiger partial charge in [0.05, 0.1) is 0 Å². The number of carbonyl (C=O) groups is 2. The minimum atomic E-state index is -0.725. The zero-order valence-electron chi connectivity index (χ0n) is 18.7. The van der Waals surface area contributed by atoms with Gasteiger partial charge in [-0.15, -0.1) is 0 Å². The van der Waals surface area contributed by atoms with Gasteiger partial charge in [-0.1, -0.05) is 42.3 Å². The second-order valence-corrected chi connectivity index (χ2v) is 8.64. The zero-order chi connectivity index (χ0) is 23.1. The van der Waals surface area contributed by atoms with Crippen LogP contribution in [0, 0.1) is 13.8 Å². The quantitative estimate of drug-likeness (QED) is 0.545. The first kappa shape index (κ1) is 25.0. The van der Waals surface area contributed by atoms with Gasteiger partial charge >= 0.3 is 0 Å². The van der Waals surface area contributed by atoms with Crippen LogP contribution in [0.15, 0.2) is 36.4 Å². The molecule has 0 bridgehead atoms. The molecule has 0 radical (unpaired) electrons. The lowest BCUT2D eigenvalue weighted by atomic mass is 10.1. The number of rotatable bonds is 9. The molecule has 0 heterocycles. The Morgan fingerprint density at radius 3 is 2.19 bits per heavy atom. The van der Waals surface area contributed by atoms with Crippen LogP contribution in [0.1, 0.15) is 43.9 Å². The van der Waals surface area contributed by atoms with Crippen LogP contribution in [0.4, 0.5) is 0 Å². The molecule has 0 aliphatic rings. The van der Waals surface area contributed by atoms with E-state index in [1.165, 1.54) is 4.90 Å². The molecule has 0 saturated carbocycles. The maximum Gasteiger partial charge on any atom is 0.261 e. The molecule has 31 heavy (non-hydrogen) atoms. The van der Waals surface area contributed by atoms with E-state index in [1.807, 2.05) is 45.9 Å². The summed E-state index contributed by atoms with van der Waals surface area (Å²) < 4.78 is 5.75. The van der Waals surface area contributed by atoms with Gasteiger partial charge in [-0.25, -0.2) is 0 Å². The van der Waals surface area contributed by atoms with Crippen LogP contribution in [0.2, 0.25) is 10.0 Å². The average molecular weight is 465 g/mol. The van der Waals surface area contributed by atoms with E-state index in [4.69, 9.17) is 27.9 Å². The first-order chi connectivity index (χ1) is 14.6. The van der Waals surface area contributed by atoms with Gasteiger partial charge < -0.3 is 15.0 Å². The van der Waals surface area contributed by atoms with E-state index >= 15 is 0 Å². The molecule has 2 aromatic rings. The largest absolute Gasteiger partial charge is 0.484 e. The van der Waals surface area contributed by atoms with Crippen LogP contribution < -0.4 is 10.1 Å². The van der Waals surface area contributed by atoms with Crippen molar-refractivity contribution in [2.75, 3.05) is 6.61 Å². The van der Waals surface area contributed by atoms with Crippen LogP contribution in [-0.4, -0.2) is 35.4 Å². The molecule has 0 aliphatic carbocycles. The monoisotopic (exact) mass is 464 g/mol. The second-order valence-electron chi connectivity index (χ2n) is 7.83. The van der Waals surface area contributed by atoms with Gasteiger partial charge in [-0.05, 0) is 69.5 Å². The number of halogens is 2. The number of benzene rings is 2. The summed E-state index contributed by atoms with van der Waals surface area (Å²) in [4.78, 5) is 27.4. The van der Waals surface area contributed by atoms with Crippen molar-refractivity contribution in [2.45, 2.75) is 59.7 Å². The number of amides is 2. The number of aryl methyl sites for hydroxylation is 2. The Kier molecular flexibility index (Phi) is 9.20. The zero-order valence-corrected chi connectivity index (χ0v) is 20.2. The van der Waals surface area contributed by atoms with E-state index in [2.05, 4.69) is 5.32 Å². The fraction of sp³-hybridized carbons (Fsp3) is 0.417. The Balaban J connectivity index is 2.24. The molecule has 0 aromatic heterocycles. The van der Waals surface area contributed by atoms with Gasteiger partial charge in [0.25, 0.3) is 5.91 Å². The van der Waals surface area contributed by atoms with Gasteiger partial charge in [-0.2, -0.15) is 0 Å². The van der Waals surface area contributed by atoms with Crippen molar-refractivity contribution >= 4 is 35.0 Å². The fourth-order valence-corrected chi connectivity index (χ4v) is 3.66. The van der Waals surface area contributed by atoms with Gasteiger partial charge in [0.15, 0.2) is 6.61 Å². The van der Waals surface area contributed by atoms with Crippen LogP contribution in [0.3, 0.4) is 0 Å². The molecule has 7 heteroatoms. The molecular formula is C24H30Cl2N2O3. The summed E-state index contributed by atoms with van der Waals surface area (Å²) in [6.07, 6.45) is 0.790. The number of nitrogens with zero attached hydrogens (tertiary/aromatic N) is 1. The highest BCUT2D eigenvalue weighted by Crippen LogP contribution is 2.27. The Hall–Kier alpha value is -2.24. The Bertz CT molecular complexity index is 893. The maximum atomic E-state index is 13.1. The lowest BCUT2D eigenvalue weighted by molar-refractivity contribution is -0.142. The molecule has 2 aromatic carbocycles. The van der Waals surface area contributed by atoms with Gasteiger partial charge in [0.1, 0.15) is 11.8 Å². The molecule has 0 aliphatic heterocycles. The third kappa shape index (κ3) is 7.15. The average Bonchev–Trinajstić information content (AvgIpc) is 2.70. The maximum absolute atomic E-state index is 13.1.